The van der Waals surface area contributed by atoms with Gasteiger partial charge in [0.2, 0.25) is 0 Å². The third-order valence-electron chi connectivity index (χ3n) is 0.854. The minimum atomic E-state index is -4.29. The fourth-order valence-electron chi connectivity index (χ4n) is 0.497. The van der Waals surface area contributed by atoms with Crippen LogP contribution in [0.1, 0.15) is 0 Å². The van der Waals surface area contributed by atoms with Crippen LogP contribution < -0.4 is 4.72 Å². The van der Waals surface area contributed by atoms with Gasteiger partial charge in [0.1, 0.15) is 5.15 Å². The van der Waals surface area contributed by atoms with E-state index in [0.29, 0.717) is 0 Å². The van der Waals surface area contributed by atoms with Gasteiger partial charge in [0, 0.05) is 0 Å². The van der Waals surface area contributed by atoms with E-state index in [1.54, 1.807) is 4.72 Å². The normalized spacial score (nSPS) is 11.2. The van der Waals surface area contributed by atoms with Crippen molar-refractivity contribution < 1.29 is 13.0 Å². The van der Waals surface area contributed by atoms with Gasteiger partial charge in [-0.1, -0.05) is 11.6 Å². The van der Waals surface area contributed by atoms with Crippen molar-refractivity contribution >= 4 is 27.7 Å². The molecule has 0 aromatic carbocycles. The van der Waals surface area contributed by atoms with Gasteiger partial charge in [-0.25, -0.2) is 14.7 Å². The van der Waals surface area contributed by atoms with Gasteiger partial charge in [0.15, 0.2) is 5.82 Å². The molecule has 0 saturated heterocycles. The second-order valence-corrected chi connectivity index (χ2v) is 3.34. The number of nitrogens with zero attached hydrogens (tertiary/aromatic N) is 2. The zero-order valence-electron chi connectivity index (χ0n) is 5.60. The van der Waals surface area contributed by atoms with Crippen molar-refractivity contribution in [3.05, 3.63) is 17.5 Å². The number of halogens is 1. The summed E-state index contributed by atoms with van der Waals surface area (Å²) in [5.41, 5.74) is 0. The van der Waals surface area contributed by atoms with E-state index in [-0.39, 0.29) is 11.0 Å². The molecule has 0 aliphatic rings. The first-order valence-electron chi connectivity index (χ1n) is 2.70. The summed E-state index contributed by atoms with van der Waals surface area (Å²) in [6, 6.07) is 0. The van der Waals surface area contributed by atoms with Gasteiger partial charge < -0.3 is 0 Å². The highest BCUT2D eigenvalue weighted by atomic mass is 35.5. The van der Waals surface area contributed by atoms with E-state index >= 15 is 0 Å². The SMILES string of the molecule is O=S(=O)(O)Nc1cnc(Cl)cn1. The van der Waals surface area contributed by atoms with Crippen molar-refractivity contribution in [2.45, 2.75) is 0 Å². The highest BCUT2D eigenvalue weighted by molar-refractivity contribution is 7.87. The Morgan fingerprint density at radius 1 is 1.42 bits per heavy atom. The summed E-state index contributed by atoms with van der Waals surface area (Å²) in [6.07, 6.45) is 2.23. The lowest BCUT2D eigenvalue weighted by Gasteiger charge is -1.98. The molecule has 2 N–H and O–H groups in total. The summed E-state index contributed by atoms with van der Waals surface area (Å²) in [5, 5.41) is 0.135. The Bertz CT molecular complexity index is 362. The topological polar surface area (TPSA) is 92.2 Å². The number of rotatable bonds is 2. The molecular formula is C4H4ClN3O3S. The van der Waals surface area contributed by atoms with Gasteiger partial charge in [-0.2, -0.15) is 8.42 Å². The molecule has 12 heavy (non-hydrogen) atoms. The lowest BCUT2D eigenvalue weighted by molar-refractivity contribution is 0.489. The van der Waals surface area contributed by atoms with Crippen molar-refractivity contribution in [1.29, 1.82) is 0 Å². The number of hydrogen-bond acceptors (Lipinski definition) is 4. The molecule has 6 nitrogen and oxygen atoms in total. The van der Waals surface area contributed by atoms with Gasteiger partial charge >= 0.3 is 10.3 Å². The largest absolute Gasteiger partial charge is 0.358 e. The first-order valence-corrected chi connectivity index (χ1v) is 4.52. The summed E-state index contributed by atoms with van der Waals surface area (Å²) in [7, 11) is -4.29. The lowest BCUT2D eigenvalue weighted by atomic mass is 10.7. The Balaban J connectivity index is 2.85. The van der Waals surface area contributed by atoms with E-state index in [1.807, 2.05) is 0 Å². The number of nitrogens with one attached hydrogen (secondary N) is 1. The number of anilines is 1. The quantitative estimate of drug-likeness (QED) is 0.686. The van der Waals surface area contributed by atoms with Gasteiger partial charge in [-0.3, -0.25) is 4.55 Å². The van der Waals surface area contributed by atoms with Crippen LogP contribution in [0.4, 0.5) is 5.82 Å². The second kappa shape index (κ2) is 3.21. The summed E-state index contributed by atoms with van der Waals surface area (Å²) >= 11 is 5.37. The first-order chi connectivity index (χ1) is 5.47. The second-order valence-electron chi connectivity index (χ2n) is 1.80. The Kier molecular flexibility index (Phi) is 2.46. The molecule has 0 unspecified atom stereocenters. The van der Waals surface area contributed by atoms with Crippen molar-refractivity contribution in [3.8, 4) is 0 Å². The molecular weight excluding hydrogens is 206 g/mol. The fourth-order valence-corrected chi connectivity index (χ4v) is 0.964. The summed E-state index contributed by atoms with van der Waals surface area (Å²) < 4.78 is 30.5. The molecule has 1 aromatic heterocycles. The van der Waals surface area contributed by atoms with E-state index < -0.39 is 10.3 Å². The highest BCUT2D eigenvalue weighted by Crippen LogP contribution is 2.05. The maximum Gasteiger partial charge on any atom is 0.358 e. The molecule has 0 saturated carbocycles. The molecule has 0 aliphatic carbocycles. The molecule has 0 amide bonds. The molecule has 1 rings (SSSR count). The Morgan fingerprint density at radius 3 is 2.50 bits per heavy atom. The van der Waals surface area contributed by atoms with Gasteiger partial charge in [0.25, 0.3) is 0 Å². The van der Waals surface area contributed by atoms with Crippen molar-refractivity contribution in [2.75, 3.05) is 4.72 Å². The zero-order valence-corrected chi connectivity index (χ0v) is 7.17. The third-order valence-corrected chi connectivity index (χ3v) is 1.52. The van der Waals surface area contributed by atoms with Crippen LogP contribution in [-0.2, 0) is 10.3 Å². The lowest BCUT2D eigenvalue weighted by Crippen LogP contribution is -2.11. The first kappa shape index (κ1) is 9.17. The predicted octanol–water partition coefficient (Wildman–Crippen LogP) is 0.345. The van der Waals surface area contributed by atoms with E-state index in [2.05, 4.69) is 9.97 Å². The van der Waals surface area contributed by atoms with E-state index in [4.69, 9.17) is 16.2 Å². The minimum absolute atomic E-state index is 0.0955. The molecule has 1 aromatic rings. The summed E-state index contributed by atoms with van der Waals surface area (Å²) in [5.74, 6) is -0.0955. The van der Waals surface area contributed by atoms with Gasteiger partial charge in [-0.15, -0.1) is 0 Å². The minimum Gasteiger partial charge on any atom is -0.269 e. The Hall–Kier alpha value is -0.920. The molecule has 1 heterocycles. The van der Waals surface area contributed by atoms with Crippen molar-refractivity contribution in [3.63, 3.8) is 0 Å². The van der Waals surface area contributed by atoms with Crippen LogP contribution in [0.25, 0.3) is 0 Å². The van der Waals surface area contributed by atoms with E-state index in [1.165, 1.54) is 0 Å². The maximum atomic E-state index is 10.2. The van der Waals surface area contributed by atoms with Crippen LogP contribution in [0.3, 0.4) is 0 Å². The van der Waals surface area contributed by atoms with Crippen LogP contribution in [0, 0.1) is 0 Å². The molecule has 0 aliphatic heterocycles. The van der Waals surface area contributed by atoms with Crippen LogP contribution in [0.15, 0.2) is 12.4 Å². The van der Waals surface area contributed by atoms with E-state index in [0.717, 1.165) is 12.4 Å². The smallest absolute Gasteiger partial charge is 0.269 e. The van der Waals surface area contributed by atoms with Crippen molar-refractivity contribution in [1.82, 2.24) is 9.97 Å². The summed E-state index contributed by atoms with van der Waals surface area (Å²) in [4.78, 5) is 7.05. The van der Waals surface area contributed by atoms with Crippen LogP contribution in [-0.4, -0.2) is 22.9 Å². The van der Waals surface area contributed by atoms with Gasteiger partial charge in [-0.05, 0) is 0 Å². The van der Waals surface area contributed by atoms with Crippen LogP contribution in [0.2, 0.25) is 5.15 Å². The molecule has 8 heteroatoms. The average molecular weight is 210 g/mol. The number of aromatic nitrogens is 2. The van der Waals surface area contributed by atoms with Crippen molar-refractivity contribution in [2.24, 2.45) is 0 Å². The molecule has 0 bridgehead atoms. The molecule has 0 spiro atoms. The predicted molar refractivity (Wildman–Crippen MR) is 42.2 cm³/mol. The van der Waals surface area contributed by atoms with Crippen LogP contribution >= 0.6 is 11.6 Å². The Labute approximate surface area is 73.5 Å². The maximum absolute atomic E-state index is 10.2. The number of hydrogen-bond donors (Lipinski definition) is 2. The van der Waals surface area contributed by atoms with Gasteiger partial charge in [0.05, 0.1) is 12.4 Å². The molecule has 0 fully saturated rings. The summed E-state index contributed by atoms with van der Waals surface area (Å²) in [6.45, 7) is 0. The molecule has 0 radical (unpaired) electrons. The molecule has 0 atom stereocenters. The highest BCUT2D eigenvalue weighted by Gasteiger charge is 2.04. The Morgan fingerprint density at radius 2 is 2.08 bits per heavy atom. The third kappa shape index (κ3) is 2.99. The molecule has 66 valence electrons. The van der Waals surface area contributed by atoms with E-state index in [9.17, 15) is 8.42 Å². The monoisotopic (exact) mass is 209 g/mol. The zero-order chi connectivity index (χ0) is 9.19. The fraction of sp³-hybridized carbons (Fsp3) is 0. The van der Waals surface area contributed by atoms with Crippen LogP contribution in [0.5, 0.6) is 0 Å². The standard InChI is InChI=1S/C4H4ClN3O3S/c5-3-1-7-4(2-6-3)8-12(9,10)11/h1-2H,(H,7,8)(H,9,10,11). The average Bonchev–Trinajstić information content (AvgIpc) is 1.91.